The lowest BCUT2D eigenvalue weighted by Gasteiger charge is -2.06. The summed E-state index contributed by atoms with van der Waals surface area (Å²) in [6, 6.07) is 14.6. The quantitative estimate of drug-likeness (QED) is 0.571. The van der Waals surface area contributed by atoms with E-state index in [2.05, 4.69) is 20.3 Å². The Hall–Kier alpha value is -3.18. The zero-order valence-electron chi connectivity index (χ0n) is 13.0. The molecule has 0 aliphatic heterocycles. The van der Waals surface area contributed by atoms with Crippen molar-refractivity contribution in [3.63, 3.8) is 0 Å². The maximum atomic E-state index is 12.4. The van der Waals surface area contributed by atoms with Crippen molar-refractivity contribution in [1.82, 2.24) is 15.0 Å². The van der Waals surface area contributed by atoms with Gasteiger partial charge >= 0.3 is 0 Å². The van der Waals surface area contributed by atoms with Crippen LogP contribution in [0.3, 0.4) is 0 Å². The molecule has 122 valence electrons. The predicted molar refractivity (Wildman–Crippen MR) is 98.7 cm³/mol. The van der Waals surface area contributed by atoms with E-state index in [1.54, 1.807) is 36.7 Å². The fraction of sp³-hybridized carbons (Fsp3) is 0. The third-order valence-electron chi connectivity index (χ3n) is 3.84. The third-order valence-corrected chi connectivity index (χ3v) is 4.14. The van der Waals surface area contributed by atoms with Gasteiger partial charge in [-0.15, -0.1) is 0 Å². The van der Waals surface area contributed by atoms with Crippen molar-refractivity contribution in [3.8, 4) is 11.3 Å². The molecule has 0 aliphatic rings. The van der Waals surface area contributed by atoms with E-state index < -0.39 is 0 Å². The molecule has 5 nitrogen and oxygen atoms in total. The zero-order chi connectivity index (χ0) is 17.2. The number of hydrogen-bond acceptors (Lipinski definition) is 3. The van der Waals surface area contributed by atoms with E-state index in [-0.39, 0.29) is 5.91 Å². The lowest BCUT2D eigenvalue weighted by Crippen LogP contribution is -2.13. The molecule has 3 heterocycles. The topological polar surface area (TPSA) is 70.7 Å². The second-order valence-electron chi connectivity index (χ2n) is 5.50. The molecule has 0 saturated carbocycles. The first kappa shape index (κ1) is 15.4. The SMILES string of the molecule is O=C(Nc1ccc2[nH]ccc2c1)c1ccc(-c2ncccc2Cl)cn1. The number of aromatic amines is 1. The molecule has 0 aliphatic carbocycles. The Morgan fingerprint density at radius 1 is 1.08 bits per heavy atom. The Morgan fingerprint density at radius 3 is 2.80 bits per heavy atom. The van der Waals surface area contributed by atoms with Crippen LogP contribution in [0.4, 0.5) is 5.69 Å². The monoisotopic (exact) mass is 348 g/mol. The number of anilines is 1. The highest BCUT2D eigenvalue weighted by Gasteiger charge is 2.10. The van der Waals surface area contributed by atoms with Crippen LogP contribution in [0.5, 0.6) is 0 Å². The Kier molecular flexibility index (Phi) is 3.91. The predicted octanol–water partition coefficient (Wildman–Crippen LogP) is 4.53. The number of aromatic nitrogens is 3. The van der Waals surface area contributed by atoms with Crippen molar-refractivity contribution in [1.29, 1.82) is 0 Å². The van der Waals surface area contributed by atoms with Gasteiger partial charge in [0.05, 0.1) is 10.7 Å². The van der Waals surface area contributed by atoms with Crippen molar-refractivity contribution < 1.29 is 4.79 Å². The lowest BCUT2D eigenvalue weighted by atomic mass is 10.1. The number of amides is 1. The van der Waals surface area contributed by atoms with Crippen LogP contribution in [0.15, 0.2) is 67.1 Å². The van der Waals surface area contributed by atoms with Gasteiger partial charge in [-0.1, -0.05) is 11.6 Å². The second kappa shape index (κ2) is 6.37. The van der Waals surface area contributed by atoms with Gasteiger partial charge in [0.15, 0.2) is 0 Å². The Labute approximate surface area is 148 Å². The molecule has 0 fully saturated rings. The molecule has 0 spiro atoms. The summed E-state index contributed by atoms with van der Waals surface area (Å²) >= 11 is 6.13. The van der Waals surface area contributed by atoms with Gasteiger partial charge in [-0.25, -0.2) is 0 Å². The Morgan fingerprint density at radius 2 is 2.00 bits per heavy atom. The van der Waals surface area contributed by atoms with Gasteiger partial charge in [-0.05, 0) is 48.5 Å². The zero-order valence-corrected chi connectivity index (χ0v) is 13.8. The second-order valence-corrected chi connectivity index (χ2v) is 5.91. The van der Waals surface area contributed by atoms with E-state index in [4.69, 9.17) is 11.6 Å². The van der Waals surface area contributed by atoms with E-state index in [1.807, 2.05) is 30.5 Å². The lowest BCUT2D eigenvalue weighted by molar-refractivity contribution is 0.102. The van der Waals surface area contributed by atoms with Gasteiger partial charge in [0.25, 0.3) is 5.91 Å². The molecule has 6 heteroatoms. The van der Waals surface area contributed by atoms with Crippen molar-refractivity contribution >= 4 is 34.1 Å². The van der Waals surface area contributed by atoms with Gasteiger partial charge in [0.2, 0.25) is 0 Å². The van der Waals surface area contributed by atoms with Crippen LogP contribution in [-0.4, -0.2) is 20.9 Å². The van der Waals surface area contributed by atoms with Crippen molar-refractivity contribution in [3.05, 3.63) is 77.8 Å². The van der Waals surface area contributed by atoms with E-state index >= 15 is 0 Å². The summed E-state index contributed by atoms with van der Waals surface area (Å²) in [5.74, 6) is -0.270. The van der Waals surface area contributed by atoms with Gasteiger partial charge < -0.3 is 10.3 Å². The molecule has 0 bridgehead atoms. The standard InChI is InChI=1S/C19H13ClN4O/c20-15-2-1-8-22-18(15)13-3-5-17(23-11-13)19(25)24-14-4-6-16-12(10-14)7-9-21-16/h1-11,21H,(H,24,25). The molecular formula is C19H13ClN4O. The molecule has 1 amide bonds. The number of benzene rings is 1. The van der Waals surface area contributed by atoms with Crippen molar-refractivity contribution in [2.75, 3.05) is 5.32 Å². The molecule has 3 aromatic heterocycles. The molecule has 0 unspecified atom stereocenters. The van der Waals surface area contributed by atoms with Crippen LogP contribution in [-0.2, 0) is 0 Å². The van der Waals surface area contributed by atoms with Crippen LogP contribution in [0.1, 0.15) is 10.5 Å². The number of carbonyl (C=O) groups excluding carboxylic acids is 1. The Bertz CT molecular complexity index is 1060. The molecule has 0 saturated heterocycles. The van der Waals surface area contributed by atoms with Crippen LogP contribution in [0, 0.1) is 0 Å². The molecule has 2 N–H and O–H groups in total. The Balaban J connectivity index is 1.55. The first-order valence-electron chi connectivity index (χ1n) is 7.66. The summed E-state index contributed by atoms with van der Waals surface area (Å²) in [6.07, 6.45) is 5.12. The normalized spacial score (nSPS) is 10.8. The first-order valence-corrected chi connectivity index (χ1v) is 8.04. The molecule has 4 rings (SSSR count). The smallest absolute Gasteiger partial charge is 0.274 e. The minimum Gasteiger partial charge on any atom is -0.361 e. The van der Waals surface area contributed by atoms with E-state index in [0.29, 0.717) is 16.4 Å². The van der Waals surface area contributed by atoms with Gasteiger partial charge in [0.1, 0.15) is 5.69 Å². The average molecular weight is 349 g/mol. The number of hydrogen-bond donors (Lipinski definition) is 2. The van der Waals surface area contributed by atoms with Gasteiger partial charge in [-0.2, -0.15) is 0 Å². The fourth-order valence-corrected chi connectivity index (χ4v) is 2.82. The molecule has 25 heavy (non-hydrogen) atoms. The van der Waals surface area contributed by atoms with Crippen LogP contribution >= 0.6 is 11.6 Å². The van der Waals surface area contributed by atoms with E-state index in [1.165, 1.54) is 0 Å². The highest BCUT2D eigenvalue weighted by molar-refractivity contribution is 6.33. The summed E-state index contributed by atoms with van der Waals surface area (Å²) in [5.41, 5.74) is 3.46. The van der Waals surface area contributed by atoms with Gasteiger partial charge in [0, 0.05) is 40.7 Å². The average Bonchev–Trinajstić information content (AvgIpc) is 3.10. The summed E-state index contributed by atoms with van der Waals surface area (Å²) in [4.78, 5) is 24.0. The number of pyridine rings is 2. The number of rotatable bonds is 3. The number of nitrogens with one attached hydrogen (secondary N) is 2. The van der Waals surface area contributed by atoms with Gasteiger partial charge in [-0.3, -0.25) is 14.8 Å². The van der Waals surface area contributed by atoms with Crippen molar-refractivity contribution in [2.24, 2.45) is 0 Å². The summed E-state index contributed by atoms with van der Waals surface area (Å²) in [5, 5.41) is 4.43. The third kappa shape index (κ3) is 3.09. The molecule has 0 atom stereocenters. The number of nitrogens with zero attached hydrogens (tertiary/aromatic N) is 2. The highest BCUT2D eigenvalue weighted by Crippen LogP contribution is 2.24. The largest absolute Gasteiger partial charge is 0.361 e. The van der Waals surface area contributed by atoms with Crippen LogP contribution in [0.2, 0.25) is 5.02 Å². The fourth-order valence-electron chi connectivity index (χ4n) is 2.59. The minimum atomic E-state index is -0.270. The summed E-state index contributed by atoms with van der Waals surface area (Å²) < 4.78 is 0. The number of H-pyrrole nitrogens is 1. The van der Waals surface area contributed by atoms with Crippen molar-refractivity contribution in [2.45, 2.75) is 0 Å². The van der Waals surface area contributed by atoms with E-state index in [9.17, 15) is 4.79 Å². The number of carbonyl (C=O) groups is 1. The van der Waals surface area contributed by atoms with Crippen LogP contribution in [0.25, 0.3) is 22.2 Å². The van der Waals surface area contributed by atoms with Crippen LogP contribution < -0.4 is 5.32 Å². The molecule has 1 aromatic carbocycles. The molecular weight excluding hydrogens is 336 g/mol. The maximum absolute atomic E-state index is 12.4. The maximum Gasteiger partial charge on any atom is 0.274 e. The summed E-state index contributed by atoms with van der Waals surface area (Å²) in [7, 11) is 0. The molecule has 4 aromatic rings. The highest BCUT2D eigenvalue weighted by atomic mass is 35.5. The molecule has 0 radical (unpaired) electrons. The van der Waals surface area contributed by atoms with E-state index in [0.717, 1.165) is 22.2 Å². The number of fused-ring (bicyclic) bond motifs is 1. The summed E-state index contributed by atoms with van der Waals surface area (Å²) in [6.45, 7) is 0. The minimum absolute atomic E-state index is 0.270. The first-order chi connectivity index (χ1) is 12.2. The number of halogens is 1.